The van der Waals surface area contributed by atoms with Gasteiger partial charge in [-0.1, -0.05) is 57.2 Å². The van der Waals surface area contributed by atoms with Crippen LogP contribution in [0.5, 0.6) is 5.75 Å². The summed E-state index contributed by atoms with van der Waals surface area (Å²) >= 11 is 0. The summed E-state index contributed by atoms with van der Waals surface area (Å²) < 4.78 is 5.88. The van der Waals surface area contributed by atoms with Gasteiger partial charge >= 0.3 is 0 Å². The summed E-state index contributed by atoms with van der Waals surface area (Å²) in [4.78, 5) is 27.0. The summed E-state index contributed by atoms with van der Waals surface area (Å²) in [6.45, 7) is 8.08. The molecule has 1 atom stereocenters. The molecule has 0 saturated heterocycles. The number of rotatable bonds is 9. The molecule has 6 nitrogen and oxygen atoms in total. The van der Waals surface area contributed by atoms with Crippen molar-refractivity contribution in [3.63, 3.8) is 0 Å². The van der Waals surface area contributed by atoms with Crippen LogP contribution >= 0.6 is 0 Å². The Kier molecular flexibility index (Phi) is 7.93. The van der Waals surface area contributed by atoms with Gasteiger partial charge in [-0.2, -0.15) is 0 Å². The molecule has 0 aromatic heterocycles. The van der Waals surface area contributed by atoms with E-state index < -0.39 is 6.10 Å². The van der Waals surface area contributed by atoms with E-state index in [0.29, 0.717) is 31.3 Å². The largest absolute Gasteiger partial charge is 0.477 e. The van der Waals surface area contributed by atoms with Crippen LogP contribution in [0.2, 0.25) is 0 Å². The monoisotopic (exact) mass is 423 g/mol. The Morgan fingerprint density at radius 1 is 1.06 bits per heavy atom. The van der Waals surface area contributed by atoms with Crippen molar-refractivity contribution in [1.29, 1.82) is 0 Å². The maximum Gasteiger partial charge on any atom is 0.262 e. The number of amides is 2. The van der Waals surface area contributed by atoms with Crippen LogP contribution in [0.3, 0.4) is 0 Å². The first-order valence-electron chi connectivity index (χ1n) is 11.1. The predicted molar refractivity (Wildman–Crippen MR) is 124 cm³/mol. The molecule has 0 fully saturated rings. The first-order valence-corrected chi connectivity index (χ1v) is 11.1. The lowest BCUT2D eigenvalue weighted by Crippen LogP contribution is -2.51. The zero-order valence-corrected chi connectivity index (χ0v) is 18.7. The smallest absolute Gasteiger partial charge is 0.262 e. The van der Waals surface area contributed by atoms with Crippen molar-refractivity contribution >= 4 is 17.5 Å². The van der Waals surface area contributed by atoms with Gasteiger partial charge in [0.1, 0.15) is 5.75 Å². The van der Waals surface area contributed by atoms with E-state index in [0.717, 1.165) is 18.5 Å². The van der Waals surface area contributed by atoms with Crippen molar-refractivity contribution < 1.29 is 14.3 Å². The highest BCUT2D eigenvalue weighted by Gasteiger charge is 2.31. The molecule has 2 amide bonds. The van der Waals surface area contributed by atoms with Gasteiger partial charge in [0.05, 0.1) is 18.8 Å². The number of hydrogen-bond acceptors (Lipinski definition) is 4. The second-order valence-electron chi connectivity index (χ2n) is 8.24. The van der Waals surface area contributed by atoms with Gasteiger partial charge in [-0.05, 0) is 42.0 Å². The molecule has 0 unspecified atom stereocenters. The van der Waals surface area contributed by atoms with E-state index in [4.69, 9.17) is 4.74 Å². The van der Waals surface area contributed by atoms with E-state index in [1.54, 1.807) is 0 Å². The Hall–Kier alpha value is -3.02. The van der Waals surface area contributed by atoms with Crippen LogP contribution in [0.1, 0.15) is 44.2 Å². The molecule has 1 aliphatic rings. The van der Waals surface area contributed by atoms with E-state index in [-0.39, 0.29) is 18.4 Å². The predicted octanol–water partition coefficient (Wildman–Crippen LogP) is 3.26. The third kappa shape index (κ3) is 6.23. The summed E-state index contributed by atoms with van der Waals surface area (Å²) in [5, 5.41) is 5.88. The highest BCUT2D eigenvalue weighted by Crippen LogP contribution is 2.32. The Morgan fingerprint density at radius 3 is 2.52 bits per heavy atom. The lowest BCUT2D eigenvalue weighted by atomic mass is 10.0. The van der Waals surface area contributed by atoms with Gasteiger partial charge in [0, 0.05) is 13.1 Å². The molecule has 2 N–H and O–H groups in total. The van der Waals surface area contributed by atoms with Crippen molar-refractivity contribution in [2.75, 3.05) is 31.1 Å². The van der Waals surface area contributed by atoms with Crippen LogP contribution in [0.15, 0.2) is 48.5 Å². The van der Waals surface area contributed by atoms with Crippen molar-refractivity contribution in [1.82, 2.24) is 10.6 Å². The number of benzene rings is 2. The van der Waals surface area contributed by atoms with E-state index in [1.807, 2.05) is 36.1 Å². The Bertz CT molecular complexity index is 880. The second kappa shape index (κ2) is 10.8. The number of hydrogen-bond donors (Lipinski definition) is 2. The van der Waals surface area contributed by atoms with E-state index >= 15 is 0 Å². The normalized spacial score (nSPS) is 15.2. The highest BCUT2D eigenvalue weighted by molar-refractivity contribution is 5.86. The van der Waals surface area contributed by atoms with Gasteiger partial charge in [0.25, 0.3) is 5.91 Å². The molecule has 166 valence electrons. The summed E-state index contributed by atoms with van der Waals surface area (Å²) in [5.74, 6) is 0.927. The zero-order chi connectivity index (χ0) is 22.2. The molecule has 0 radical (unpaired) electrons. The number of nitrogens with one attached hydrogen (secondary N) is 2. The molecule has 1 aliphatic heterocycles. The summed E-state index contributed by atoms with van der Waals surface area (Å²) in [6, 6.07) is 16.1. The maximum absolute atomic E-state index is 12.6. The van der Waals surface area contributed by atoms with Crippen molar-refractivity contribution in [2.45, 2.75) is 45.6 Å². The molecule has 2 aromatic carbocycles. The molecule has 3 rings (SSSR count). The lowest BCUT2D eigenvalue weighted by Gasteiger charge is -2.35. The minimum absolute atomic E-state index is 0.0665. The standard InChI is InChI=1S/C25H33N3O3/c1-4-14-27-25(30)23-16-28(21-7-5-6-8-22(21)31-23)17-24(29)26-15-13-19-9-11-20(12-10-19)18(2)3/h5-12,18,23H,4,13-17H2,1-3H3,(H,26,29)(H,27,30)/t23-/m1/s1. The quantitative estimate of drug-likeness (QED) is 0.650. The molecule has 0 saturated carbocycles. The maximum atomic E-state index is 12.6. The highest BCUT2D eigenvalue weighted by atomic mass is 16.5. The van der Waals surface area contributed by atoms with Crippen LogP contribution in [-0.4, -0.2) is 44.1 Å². The van der Waals surface area contributed by atoms with Crippen LogP contribution in [-0.2, 0) is 16.0 Å². The number of anilines is 1. The fraction of sp³-hybridized carbons (Fsp3) is 0.440. The third-order valence-electron chi connectivity index (χ3n) is 5.42. The molecule has 0 bridgehead atoms. The van der Waals surface area contributed by atoms with E-state index in [9.17, 15) is 9.59 Å². The first-order chi connectivity index (χ1) is 15.0. The number of carbonyl (C=O) groups is 2. The molecule has 6 heteroatoms. The Balaban J connectivity index is 1.55. The number of nitrogens with zero attached hydrogens (tertiary/aromatic N) is 1. The Morgan fingerprint density at radius 2 is 1.81 bits per heavy atom. The molecule has 2 aromatic rings. The fourth-order valence-electron chi connectivity index (χ4n) is 3.60. The van der Waals surface area contributed by atoms with Gasteiger partial charge in [-0.3, -0.25) is 9.59 Å². The van der Waals surface area contributed by atoms with Gasteiger partial charge < -0.3 is 20.3 Å². The SMILES string of the molecule is CCCNC(=O)[C@H]1CN(CC(=O)NCCc2ccc(C(C)C)cc2)c2ccccc2O1. The molecular weight excluding hydrogens is 390 g/mol. The lowest BCUT2D eigenvalue weighted by molar-refractivity contribution is -0.128. The first kappa shape index (κ1) is 22.7. The van der Waals surface area contributed by atoms with Crippen molar-refractivity contribution in [2.24, 2.45) is 0 Å². The van der Waals surface area contributed by atoms with Gasteiger partial charge in [0.15, 0.2) is 6.10 Å². The van der Waals surface area contributed by atoms with Crippen molar-refractivity contribution in [3.05, 3.63) is 59.7 Å². The fourth-order valence-corrected chi connectivity index (χ4v) is 3.60. The Labute approximate surface area is 185 Å². The molecule has 31 heavy (non-hydrogen) atoms. The number of ether oxygens (including phenoxy) is 1. The summed E-state index contributed by atoms with van der Waals surface area (Å²) in [6.07, 6.45) is 1.02. The third-order valence-corrected chi connectivity index (χ3v) is 5.42. The minimum atomic E-state index is -0.631. The van der Waals surface area contributed by atoms with Gasteiger partial charge in [-0.15, -0.1) is 0 Å². The van der Waals surface area contributed by atoms with Crippen LogP contribution in [0, 0.1) is 0 Å². The van der Waals surface area contributed by atoms with Crippen LogP contribution in [0.25, 0.3) is 0 Å². The zero-order valence-electron chi connectivity index (χ0n) is 18.7. The molecular formula is C25H33N3O3. The molecule has 0 aliphatic carbocycles. The molecule has 0 spiro atoms. The van der Waals surface area contributed by atoms with E-state index in [2.05, 4.69) is 48.7 Å². The van der Waals surface area contributed by atoms with Gasteiger partial charge in [-0.25, -0.2) is 0 Å². The van der Waals surface area contributed by atoms with Crippen molar-refractivity contribution in [3.8, 4) is 5.75 Å². The molecule has 1 heterocycles. The average Bonchev–Trinajstić information content (AvgIpc) is 2.77. The topological polar surface area (TPSA) is 70.7 Å². The van der Waals surface area contributed by atoms with E-state index in [1.165, 1.54) is 11.1 Å². The number of fused-ring (bicyclic) bond motifs is 1. The van der Waals surface area contributed by atoms with Gasteiger partial charge in [0.2, 0.25) is 5.91 Å². The number of carbonyl (C=O) groups excluding carboxylic acids is 2. The van der Waals surface area contributed by atoms with Crippen LogP contribution in [0.4, 0.5) is 5.69 Å². The summed E-state index contributed by atoms with van der Waals surface area (Å²) in [7, 11) is 0. The van der Waals surface area contributed by atoms with Crippen LogP contribution < -0.4 is 20.3 Å². The average molecular weight is 424 g/mol. The minimum Gasteiger partial charge on any atom is -0.477 e. The second-order valence-corrected chi connectivity index (χ2v) is 8.24. The summed E-state index contributed by atoms with van der Waals surface area (Å²) in [5.41, 5.74) is 3.35. The number of para-hydroxylation sites is 2.